The topological polar surface area (TPSA) is 31.4 Å². The summed E-state index contributed by atoms with van der Waals surface area (Å²) in [5.41, 5.74) is 10.3. The fourth-order valence-electron chi connectivity index (χ4n) is 6.59. The molecule has 0 radical (unpaired) electrons. The van der Waals surface area contributed by atoms with Crippen LogP contribution in [0.1, 0.15) is 25.5 Å². The highest BCUT2D eigenvalue weighted by molar-refractivity contribution is 6.16. The highest BCUT2D eigenvalue weighted by atomic mass is 15.2. The molecular formula is C39H30N3-. The number of para-hydroxylation sites is 2. The van der Waals surface area contributed by atoms with Gasteiger partial charge in [0.2, 0.25) is 0 Å². The molecule has 8 rings (SSSR count). The van der Waals surface area contributed by atoms with Gasteiger partial charge >= 0.3 is 0 Å². The van der Waals surface area contributed by atoms with Gasteiger partial charge < -0.3 is 14.9 Å². The average molecular weight is 541 g/mol. The van der Waals surface area contributed by atoms with Crippen molar-refractivity contribution in [3.63, 3.8) is 0 Å². The van der Waals surface area contributed by atoms with Crippen LogP contribution >= 0.6 is 0 Å². The van der Waals surface area contributed by atoms with E-state index in [0.29, 0.717) is 0 Å². The standard InChI is InChI=1S/C39H30N3/c1-39(2)22-21-33-36(39)37(41-38(40-33)42-34-19-11-9-17-31(34)32-18-10-12-20-35(32)42)30-24-28(26-13-5-3-6-14-26)23-29(25-30)27-15-7-4-8-16-27/h3-25,37H,1-2H3/q-1. The maximum Gasteiger partial charge on any atom is 0.0403 e. The van der Waals surface area contributed by atoms with E-state index in [4.69, 9.17) is 10.3 Å². The van der Waals surface area contributed by atoms with Gasteiger partial charge in [-0.3, -0.25) is 0 Å². The molecule has 2 heterocycles. The molecule has 202 valence electrons. The molecular weight excluding hydrogens is 510 g/mol. The molecule has 1 aromatic heterocycles. The van der Waals surface area contributed by atoms with Gasteiger partial charge in [0.25, 0.3) is 0 Å². The van der Waals surface area contributed by atoms with E-state index >= 15 is 0 Å². The zero-order valence-corrected chi connectivity index (χ0v) is 23.7. The van der Waals surface area contributed by atoms with Crippen LogP contribution in [0.5, 0.6) is 0 Å². The third kappa shape index (κ3) is 3.93. The van der Waals surface area contributed by atoms with Gasteiger partial charge in [0.15, 0.2) is 0 Å². The predicted molar refractivity (Wildman–Crippen MR) is 176 cm³/mol. The van der Waals surface area contributed by atoms with E-state index in [1.807, 2.05) is 0 Å². The number of nitrogens with zero attached hydrogens (tertiary/aromatic N) is 3. The normalized spacial score (nSPS) is 17.4. The molecule has 1 atom stereocenters. The van der Waals surface area contributed by atoms with Crippen LogP contribution in [0.15, 0.2) is 156 Å². The molecule has 6 aromatic rings. The quantitative estimate of drug-likeness (QED) is 0.214. The van der Waals surface area contributed by atoms with Gasteiger partial charge in [-0.15, -0.1) is 0 Å². The first-order valence-corrected chi connectivity index (χ1v) is 14.5. The second-order valence-corrected chi connectivity index (χ2v) is 11.7. The largest absolute Gasteiger partial charge is 0.381 e. The van der Waals surface area contributed by atoms with E-state index in [-0.39, 0.29) is 11.5 Å². The van der Waals surface area contributed by atoms with Gasteiger partial charge in [-0.2, -0.15) is 0 Å². The third-order valence-electron chi connectivity index (χ3n) is 8.63. The first kappa shape index (κ1) is 24.6. The molecule has 1 unspecified atom stereocenters. The molecule has 1 aliphatic carbocycles. The summed E-state index contributed by atoms with van der Waals surface area (Å²) in [6.45, 7) is 4.54. The van der Waals surface area contributed by atoms with Crippen LogP contribution in [0.3, 0.4) is 0 Å². The van der Waals surface area contributed by atoms with Crippen molar-refractivity contribution >= 4 is 27.8 Å². The van der Waals surface area contributed by atoms with Crippen LogP contribution in [0.25, 0.3) is 49.4 Å². The Morgan fingerprint density at radius 1 is 0.619 bits per heavy atom. The molecule has 0 fully saturated rings. The number of hydrogen-bond donors (Lipinski definition) is 0. The summed E-state index contributed by atoms with van der Waals surface area (Å²) >= 11 is 0. The van der Waals surface area contributed by atoms with Crippen molar-refractivity contribution in [2.24, 2.45) is 10.4 Å². The highest BCUT2D eigenvalue weighted by Gasteiger charge is 2.35. The van der Waals surface area contributed by atoms with Crippen LogP contribution < -0.4 is 0 Å². The van der Waals surface area contributed by atoms with Crippen molar-refractivity contribution in [2.45, 2.75) is 19.9 Å². The zero-order chi connectivity index (χ0) is 28.3. The fraction of sp³-hybridized carbons (Fsp3) is 0.103. The molecule has 2 aliphatic rings. The molecule has 3 nitrogen and oxygen atoms in total. The minimum atomic E-state index is -0.177. The summed E-state index contributed by atoms with van der Waals surface area (Å²) in [5.74, 6) is 0.727. The van der Waals surface area contributed by atoms with Crippen LogP contribution in [0.4, 0.5) is 0 Å². The molecule has 0 saturated carbocycles. The molecule has 0 bridgehead atoms. The Morgan fingerprint density at radius 2 is 1.14 bits per heavy atom. The first-order chi connectivity index (χ1) is 20.6. The van der Waals surface area contributed by atoms with E-state index in [2.05, 4.69) is 158 Å². The Kier molecular flexibility index (Phi) is 5.55. The summed E-state index contributed by atoms with van der Waals surface area (Å²) in [6.07, 6.45) is 4.46. The number of fused-ring (bicyclic) bond motifs is 3. The average Bonchev–Trinajstić information content (AvgIpc) is 3.55. The Labute approximate surface area is 246 Å². The van der Waals surface area contributed by atoms with Crippen molar-refractivity contribution in [1.82, 2.24) is 4.57 Å². The van der Waals surface area contributed by atoms with Crippen molar-refractivity contribution in [1.29, 1.82) is 0 Å². The van der Waals surface area contributed by atoms with Gasteiger partial charge in [0, 0.05) is 17.4 Å². The minimum Gasteiger partial charge on any atom is -0.381 e. The van der Waals surface area contributed by atoms with E-state index in [1.165, 1.54) is 44.2 Å². The molecule has 0 amide bonds. The van der Waals surface area contributed by atoms with E-state index < -0.39 is 0 Å². The monoisotopic (exact) mass is 540 g/mol. The highest BCUT2D eigenvalue weighted by Crippen LogP contribution is 2.51. The summed E-state index contributed by atoms with van der Waals surface area (Å²) in [7, 11) is 0. The van der Waals surface area contributed by atoms with Crippen LogP contribution in [-0.2, 0) is 0 Å². The van der Waals surface area contributed by atoms with E-state index in [9.17, 15) is 0 Å². The maximum atomic E-state index is 5.52. The minimum absolute atomic E-state index is 0.158. The molecule has 0 N–H and O–H groups in total. The van der Waals surface area contributed by atoms with Crippen molar-refractivity contribution < 1.29 is 0 Å². The summed E-state index contributed by atoms with van der Waals surface area (Å²) < 4.78 is 2.24. The first-order valence-electron chi connectivity index (χ1n) is 14.5. The second-order valence-electron chi connectivity index (χ2n) is 11.7. The van der Waals surface area contributed by atoms with Crippen LogP contribution in [0.2, 0.25) is 0 Å². The van der Waals surface area contributed by atoms with Crippen molar-refractivity contribution in [3.05, 3.63) is 162 Å². The lowest BCUT2D eigenvalue weighted by atomic mass is 9.79. The molecule has 5 aromatic carbocycles. The maximum absolute atomic E-state index is 5.52. The fourth-order valence-corrected chi connectivity index (χ4v) is 6.59. The lowest BCUT2D eigenvalue weighted by Crippen LogP contribution is -2.24. The van der Waals surface area contributed by atoms with Gasteiger partial charge in [-0.05, 0) is 79.1 Å². The smallest absolute Gasteiger partial charge is 0.0403 e. The van der Waals surface area contributed by atoms with Crippen molar-refractivity contribution in [3.8, 4) is 22.3 Å². The summed E-state index contributed by atoms with van der Waals surface area (Å²) in [4.78, 5) is 5.22. The second kappa shape index (κ2) is 9.46. The number of aliphatic imine (C=N–C) groups is 1. The van der Waals surface area contributed by atoms with E-state index in [1.54, 1.807) is 0 Å². The van der Waals surface area contributed by atoms with Crippen LogP contribution in [0, 0.1) is 5.41 Å². The Bertz CT molecular complexity index is 1960. The molecule has 1 aliphatic heterocycles. The van der Waals surface area contributed by atoms with Gasteiger partial charge in [0.05, 0.1) is 0 Å². The lowest BCUT2D eigenvalue weighted by molar-refractivity contribution is 0.550. The number of allylic oxidation sites excluding steroid dienone is 2. The van der Waals surface area contributed by atoms with Gasteiger partial charge in [-0.1, -0.05) is 135 Å². The number of aromatic nitrogens is 1. The summed E-state index contributed by atoms with van der Waals surface area (Å²) in [5, 5.41) is 7.94. The van der Waals surface area contributed by atoms with Crippen molar-refractivity contribution in [2.75, 3.05) is 0 Å². The molecule has 42 heavy (non-hydrogen) atoms. The number of rotatable bonds is 3. The SMILES string of the molecule is CC1(C)C=CC2=C1C(c1cc(-c3ccccc3)cc(-c3ccccc3)c1)[N-]C(n1c3ccccc3c3ccccc31)=N2. The lowest BCUT2D eigenvalue weighted by Gasteiger charge is -2.39. The Morgan fingerprint density at radius 3 is 1.71 bits per heavy atom. The molecule has 0 saturated heterocycles. The molecule has 0 spiro atoms. The van der Waals surface area contributed by atoms with Gasteiger partial charge in [-0.25, -0.2) is 0 Å². The molecule has 3 heteroatoms. The number of hydrogen-bond acceptors (Lipinski definition) is 1. The Hall–Kier alpha value is -5.15. The van der Waals surface area contributed by atoms with Gasteiger partial charge in [0.1, 0.15) is 0 Å². The summed E-state index contributed by atoms with van der Waals surface area (Å²) in [6, 6.07) is 45.2. The predicted octanol–water partition coefficient (Wildman–Crippen LogP) is 10.3. The zero-order valence-electron chi connectivity index (χ0n) is 23.7. The van der Waals surface area contributed by atoms with Crippen LogP contribution in [-0.4, -0.2) is 10.5 Å². The van der Waals surface area contributed by atoms with E-state index in [0.717, 1.165) is 22.7 Å². The number of benzene rings is 5. The Balaban J connectivity index is 1.35. The third-order valence-corrected chi connectivity index (χ3v) is 8.63.